The van der Waals surface area contributed by atoms with E-state index in [0.717, 1.165) is 13.1 Å². The average Bonchev–Trinajstić information content (AvgIpc) is 2.38. The lowest BCUT2D eigenvalue weighted by Gasteiger charge is -2.38. The van der Waals surface area contributed by atoms with Crippen LogP contribution in [0.4, 0.5) is 0 Å². The Balaban J connectivity index is 2.19. The van der Waals surface area contributed by atoms with Gasteiger partial charge in [0.25, 0.3) is 0 Å². The molecule has 0 saturated heterocycles. The lowest BCUT2D eigenvalue weighted by molar-refractivity contribution is 0.282. The van der Waals surface area contributed by atoms with Crippen LogP contribution in [0.5, 0.6) is 0 Å². The molecule has 88 valence electrons. The second kappa shape index (κ2) is 5.49. The van der Waals surface area contributed by atoms with Gasteiger partial charge in [0.2, 0.25) is 0 Å². The van der Waals surface area contributed by atoms with E-state index in [1.807, 2.05) is 0 Å². The molecule has 0 amide bonds. The number of likely N-dealkylation sites (N-methyl/N-ethyl adjacent to an activating group) is 1. The maximum absolute atomic E-state index is 3.56. The van der Waals surface area contributed by atoms with Crippen molar-refractivity contribution in [3.05, 3.63) is 35.9 Å². The van der Waals surface area contributed by atoms with E-state index >= 15 is 0 Å². The zero-order chi connectivity index (χ0) is 11.3. The molecule has 0 aliphatic heterocycles. The second-order valence-electron chi connectivity index (χ2n) is 4.99. The molecule has 0 spiro atoms. The molecule has 0 atom stereocenters. The average molecular weight is 217 g/mol. The predicted molar refractivity (Wildman–Crippen MR) is 69.7 cm³/mol. The quantitative estimate of drug-likeness (QED) is 0.814. The third-order valence-corrected chi connectivity index (χ3v) is 3.91. The number of hydrogen-bond donors (Lipinski definition) is 1. The van der Waals surface area contributed by atoms with Crippen LogP contribution < -0.4 is 5.32 Å². The first-order valence-corrected chi connectivity index (χ1v) is 6.64. The van der Waals surface area contributed by atoms with Gasteiger partial charge in [-0.1, -0.05) is 56.5 Å². The van der Waals surface area contributed by atoms with Gasteiger partial charge >= 0.3 is 0 Å². The third kappa shape index (κ3) is 2.46. The van der Waals surface area contributed by atoms with Crippen LogP contribution in [0.15, 0.2) is 30.3 Å². The summed E-state index contributed by atoms with van der Waals surface area (Å²) >= 11 is 0. The summed E-state index contributed by atoms with van der Waals surface area (Å²) in [4.78, 5) is 0. The molecule has 2 rings (SSSR count). The van der Waals surface area contributed by atoms with Gasteiger partial charge in [0.05, 0.1) is 0 Å². The lowest BCUT2D eigenvalue weighted by atomic mass is 9.69. The maximum atomic E-state index is 3.56. The molecule has 0 unspecified atom stereocenters. The zero-order valence-electron chi connectivity index (χ0n) is 10.3. The van der Waals surface area contributed by atoms with Crippen LogP contribution in [0.1, 0.15) is 44.6 Å². The molecular formula is C15H23N. The Kier molecular flexibility index (Phi) is 4.00. The summed E-state index contributed by atoms with van der Waals surface area (Å²) in [5, 5.41) is 3.56. The molecule has 0 bridgehead atoms. The van der Waals surface area contributed by atoms with Crippen molar-refractivity contribution in [2.75, 3.05) is 13.1 Å². The minimum atomic E-state index is 0.412. The molecule has 1 fully saturated rings. The van der Waals surface area contributed by atoms with E-state index in [2.05, 4.69) is 42.6 Å². The molecule has 0 heterocycles. The Morgan fingerprint density at radius 3 is 2.38 bits per heavy atom. The van der Waals surface area contributed by atoms with Crippen molar-refractivity contribution in [1.29, 1.82) is 0 Å². The fraction of sp³-hybridized carbons (Fsp3) is 0.600. The Morgan fingerprint density at radius 1 is 1.06 bits per heavy atom. The number of hydrogen-bond acceptors (Lipinski definition) is 1. The first-order chi connectivity index (χ1) is 7.87. The second-order valence-corrected chi connectivity index (χ2v) is 4.99. The van der Waals surface area contributed by atoms with Gasteiger partial charge in [0.15, 0.2) is 0 Å². The van der Waals surface area contributed by atoms with Crippen molar-refractivity contribution in [2.45, 2.75) is 44.4 Å². The number of benzene rings is 1. The van der Waals surface area contributed by atoms with Gasteiger partial charge in [-0.05, 0) is 24.9 Å². The molecule has 1 aromatic carbocycles. The van der Waals surface area contributed by atoms with Crippen LogP contribution >= 0.6 is 0 Å². The predicted octanol–water partition coefficient (Wildman–Crippen LogP) is 3.50. The van der Waals surface area contributed by atoms with Crippen molar-refractivity contribution < 1.29 is 0 Å². The minimum Gasteiger partial charge on any atom is -0.316 e. The van der Waals surface area contributed by atoms with E-state index in [9.17, 15) is 0 Å². The van der Waals surface area contributed by atoms with E-state index < -0.39 is 0 Å². The Hall–Kier alpha value is -0.820. The summed E-state index contributed by atoms with van der Waals surface area (Å²) in [6.45, 7) is 4.42. The summed E-state index contributed by atoms with van der Waals surface area (Å²) in [6.07, 6.45) is 6.90. The van der Waals surface area contributed by atoms with E-state index in [4.69, 9.17) is 0 Å². The molecule has 1 aliphatic rings. The van der Waals surface area contributed by atoms with Gasteiger partial charge in [-0.15, -0.1) is 0 Å². The molecule has 1 saturated carbocycles. The summed E-state index contributed by atoms with van der Waals surface area (Å²) in [5.41, 5.74) is 1.95. The Bertz CT molecular complexity index is 298. The first kappa shape index (κ1) is 11.7. The van der Waals surface area contributed by atoms with Crippen LogP contribution in [-0.2, 0) is 5.41 Å². The molecule has 0 radical (unpaired) electrons. The van der Waals surface area contributed by atoms with Crippen LogP contribution in [0.3, 0.4) is 0 Å². The fourth-order valence-corrected chi connectivity index (χ4v) is 2.95. The Labute approximate surface area is 99.3 Å². The topological polar surface area (TPSA) is 12.0 Å². The van der Waals surface area contributed by atoms with Crippen molar-refractivity contribution in [1.82, 2.24) is 5.32 Å². The van der Waals surface area contributed by atoms with Gasteiger partial charge in [0, 0.05) is 12.0 Å². The summed E-state index contributed by atoms with van der Waals surface area (Å²) < 4.78 is 0. The highest BCUT2D eigenvalue weighted by molar-refractivity contribution is 5.26. The van der Waals surface area contributed by atoms with Crippen LogP contribution in [0, 0.1) is 0 Å². The van der Waals surface area contributed by atoms with Crippen molar-refractivity contribution in [3.63, 3.8) is 0 Å². The molecule has 1 aromatic rings. The van der Waals surface area contributed by atoms with Gasteiger partial charge < -0.3 is 5.32 Å². The molecule has 1 aliphatic carbocycles. The molecule has 16 heavy (non-hydrogen) atoms. The summed E-state index contributed by atoms with van der Waals surface area (Å²) in [7, 11) is 0. The smallest absolute Gasteiger partial charge is 0.00777 e. The lowest BCUT2D eigenvalue weighted by Crippen LogP contribution is -2.39. The molecular weight excluding hydrogens is 194 g/mol. The standard InChI is InChI=1S/C15H23N/c1-2-16-13-15(11-7-4-8-12-15)14-9-5-3-6-10-14/h3,5-6,9-10,16H,2,4,7-8,11-13H2,1H3. The highest BCUT2D eigenvalue weighted by Crippen LogP contribution is 2.38. The maximum Gasteiger partial charge on any atom is 0.00777 e. The highest BCUT2D eigenvalue weighted by Gasteiger charge is 2.32. The summed E-state index contributed by atoms with van der Waals surface area (Å²) in [5.74, 6) is 0. The Morgan fingerprint density at radius 2 is 1.75 bits per heavy atom. The van der Waals surface area contributed by atoms with Gasteiger partial charge in [-0.2, -0.15) is 0 Å². The van der Waals surface area contributed by atoms with Gasteiger partial charge in [-0.25, -0.2) is 0 Å². The number of rotatable bonds is 4. The van der Waals surface area contributed by atoms with Crippen LogP contribution in [-0.4, -0.2) is 13.1 Å². The monoisotopic (exact) mass is 217 g/mol. The largest absolute Gasteiger partial charge is 0.316 e. The third-order valence-electron chi connectivity index (χ3n) is 3.91. The van der Waals surface area contributed by atoms with E-state index in [1.165, 1.54) is 37.7 Å². The van der Waals surface area contributed by atoms with E-state index in [1.54, 1.807) is 0 Å². The van der Waals surface area contributed by atoms with Crippen molar-refractivity contribution in [3.8, 4) is 0 Å². The van der Waals surface area contributed by atoms with Gasteiger partial charge in [0.1, 0.15) is 0 Å². The molecule has 0 aromatic heterocycles. The highest BCUT2D eigenvalue weighted by atomic mass is 14.9. The normalized spacial score (nSPS) is 19.6. The van der Waals surface area contributed by atoms with Crippen LogP contribution in [0.25, 0.3) is 0 Å². The first-order valence-electron chi connectivity index (χ1n) is 6.64. The van der Waals surface area contributed by atoms with Gasteiger partial charge in [-0.3, -0.25) is 0 Å². The zero-order valence-corrected chi connectivity index (χ0v) is 10.3. The van der Waals surface area contributed by atoms with E-state index in [0.29, 0.717) is 5.41 Å². The van der Waals surface area contributed by atoms with E-state index in [-0.39, 0.29) is 0 Å². The SMILES string of the molecule is CCNCC1(c2ccccc2)CCCCC1. The summed E-state index contributed by atoms with van der Waals surface area (Å²) in [6, 6.07) is 11.1. The molecule has 1 nitrogen and oxygen atoms in total. The number of nitrogens with one attached hydrogen (secondary N) is 1. The fourth-order valence-electron chi connectivity index (χ4n) is 2.95. The molecule has 1 N–H and O–H groups in total. The van der Waals surface area contributed by atoms with Crippen molar-refractivity contribution in [2.24, 2.45) is 0 Å². The van der Waals surface area contributed by atoms with Crippen molar-refractivity contribution >= 4 is 0 Å². The van der Waals surface area contributed by atoms with Crippen LogP contribution in [0.2, 0.25) is 0 Å². The minimum absolute atomic E-state index is 0.412. The molecule has 1 heteroatoms.